The first-order valence-corrected chi connectivity index (χ1v) is 7.10. The number of benzene rings is 2. The minimum Gasteiger partial charge on any atom is -0.497 e. The van der Waals surface area contributed by atoms with Gasteiger partial charge in [-0.2, -0.15) is 0 Å². The second kappa shape index (κ2) is 6.67. The number of ether oxygens (including phenoxy) is 2. The topological polar surface area (TPSA) is 18.5 Å². The monoisotopic (exact) mass is 290 g/mol. The molecule has 0 aromatic heterocycles. The van der Waals surface area contributed by atoms with Crippen LogP contribution in [0.25, 0.3) is 0 Å². The second-order valence-electron chi connectivity index (χ2n) is 4.77. The lowest BCUT2D eigenvalue weighted by atomic mass is 10.0. The van der Waals surface area contributed by atoms with Crippen LogP contribution >= 0.6 is 11.6 Å². The molecular formula is C17H19ClO2. The van der Waals surface area contributed by atoms with Crippen LogP contribution in [0, 0.1) is 13.8 Å². The summed E-state index contributed by atoms with van der Waals surface area (Å²) >= 11 is 5.97. The average Bonchev–Trinajstić information content (AvgIpc) is 2.46. The Morgan fingerprint density at radius 3 is 2.35 bits per heavy atom. The van der Waals surface area contributed by atoms with Crippen LogP contribution in [-0.4, -0.2) is 7.11 Å². The van der Waals surface area contributed by atoms with Crippen molar-refractivity contribution >= 4 is 11.6 Å². The number of alkyl halides is 1. The van der Waals surface area contributed by atoms with Crippen molar-refractivity contribution in [3.63, 3.8) is 0 Å². The molecule has 0 spiro atoms. The number of aryl methyl sites for hydroxylation is 2. The SMILES string of the molecule is COc1ccc(OCc2c(C)cccc2C)c(CCl)c1. The van der Waals surface area contributed by atoms with Gasteiger partial charge in [-0.3, -0.25) is 0 Å². The Bertz CT molecular complexity index is 573. The molecule has 0 heterocycles. The summed E-state index contributed by atoms with van der Waals surface area (Å²) in [6, 6.07) is 12.0. The fourth-order valence-corrected chi connectivity index (χ4v) is 2.36. The Hall–Kier alpha value is -1.67. The molecule has 0 saturated heterocycles. The first-order valence-electron chi connectivity index (χ1n) is 6.56. The summed E-state index contributed by atoms with van der Waals surface area (Å²) in [5.74, 6) is 2.00. The van der Waals surface area contributed by atoms with Crippen LogP contribution in [0.5, 0.6) is 11.5 Å². The maximum atomic E-state index is 5.97. The molecular weight excluding hydrogens is 272 g/mol. The molecule has 0 saturated carbocycles. The van der Waals surface area contributed by atoms with Gasteiger partial charge in [0.15, 0.2) is 0 Å². The normalized spacial score (nSPS) is 10.4. The number of methoxy groups -OCH3 is 1. The Morgan fingerprint density at radius 2 is 1.75 bits per heavy atom. The van der Waals surface area contributed by atoms with Crippen LogP contribution in [-0.2, 0) is 12.5 Å². The van der Waals surface area contributed by atoms with E-state index < -0.39 is 0 Å². The molecule has 0 aliphatic heterocycles. The summed E-state index contributed by atoms with van der Waals surface area (Å²) < 4.78 is 11.1. The molecule has 0 aliphatic carbocycles. The van der Waals surface area contributed by atoms with Gasteiger partial charge in [0, 0.05) is 5.56 Å². The number of hydrogen-bond donors (Lipinski definition) is 0. The van der Waals surface area contributed by atoms with E-state index in [-0.39, 0.29) is 0 Å². The molecule has 2 rings (SSSR count). The summed E-state index contributed by atoms with van der Waals surface area (Å²) in [6.07, 6.45) is 0. The minimum absolute atomic E-state index is 0.402. The molecule has 3 heteroatoms. The Balaban J connectivity index is 2.19. The highest BCUT2D eigenvalue weighted by atomic mass is 35.5. The lowest BCUT2D eigenvalue weighted by Gasteiger charge is -2.14. The van der Waals surface area contributed by atoms with Gasteiger partial charge < -0.3 is 9.47 Å². The van der Waals surface area contributed by atoms with Gasteiger partial charge in [-0.05, 0) is 48.7 Å². The third kappa shape index (κ3) is 3.26. The number of halogens is 1. The zero-order valence-corrected chi connectivity index (χ0v) is 12.8. The molecule has 0 fully saturated rings. The van der Waals surface area contributed by atoms with E-state index in [1.54, 1.807) is 7.11 Å². The van der Waals surface area contributed by atoms with Crippen molar-refractivity contribution in [2.75, 3.05) is 7.11 Å². The molecule has 20 heavy (non-hydrogen) atoms. The van der Waals surface area contributed by atoms with E-state index in [1.165, 1.54) is 16.7 Å². The van der Waals surface area contributed by atoms with Gasteiger partial charge in [-0.1, -0.05) is 18.2 Å². The van der Waals surface area contributed by atoms with E-state index in [0.29, 0.717) is 12.5 Å². The van der Waals surface area contributed by atoms with Crippen molar-refractivity contribution in [3.8, 4) is 11.5 Å². The molecule has 0 N–H and O–H groups in total. The van der Waals surface area contributed by atoms with E-state index in [9.17, 15) is 0 Å². The van der Waals surface area contributed by atoms with Crippen molar-refractivity contribution in [2.45, 2.75) is 26.3 Å². The van der Waals surface area contributed by atoms with Crippen molar-refractivity contribution in [3.05, 3.63) is 58.7 Å². The quantitative estimate of drug-likeness (QED) is 0.748. The van der Waals surface area contributed by atoms with Crippen LogP contribution in [0.3, 0.4) is 0 Å². The van der Waals surface area contributed by atoms with Gasteiger partial charge in [0.1, 0.15) is 18.1 Å². The van der Waals surface area contributed by atoms with Crippen molar-refractivity contribution in [2.24, 2.45) is 0 Å². The van der Waals surface area contributed by atoms with Crippen molar-refractivity contribution < 1.29 is 9.47 Å². The summed E-state index contributed by atoms with van der Waals surface area (Å²) in [5, 5.41) is 0. The number of rotatable bonds is 5. The summed E-state index contributed by atoms with van der Waals surface area (Å²) in [7, 11) is 1.64. The fourth-order valence-electron chi connectivity index (χ4n) is 2.15. The standard InChI is InChI=1S/C17H19ClO2/c1-12-5-4-6-13(2)16(12)11-20-17-8-7-15(19-3)9-14(17)10-18/h4-9H,10-11H2,1-3H3. The maximum absolute atomic E-state index is 5.97. The van der Waals surface area contributed by atoms with Crippen LogP contribution in [0.15, 0.2) is 36.4 Å². The molecule has 0 bridgehead atoms. The maximum Gasteiger partial charge on any atom is 0.124 e. The first kappa shape index (κ1) is 14.7. The van der Waals surface area contributed by atoms with Crippen molar-refractivity contribution in [1.29, 1.82) is 0 Å². The van der Waals surface area contributed by atoms with Gasteiger partial charge in [-0.25, -0.2) is 0 Å². The fraction of sp³-hybridized carbons (Fsp3) is 0.294. The molecule has 0 radical (unpaired) electrons. The second-order valence-corrected chi connectivity index (χ2v) is 5.03. The molecule has 0 atom stereocenters. The van der Waals surface area contributed by atoms with Crippen LogP contribution in [0.4, 0.5) is 0 Å². The lowest BCUT2D eigenvalue weighted by Crippen LogP contribution is -2.02. The molecule has 2 aromatic carbocycles. The van der Waals surface area contributed by atoms with Gasteiger partial charge in [0.2, 0.25) is 0 Å². The van der Waals surface area contributed by atoms with E-state index in [4.69, 9.17) is 21.1 Å². The van der Waals surface area contributed by atoms with E-state index in [1.807, 2.05) is 18.2 Å². The van der Waals surface area contributed by atoms with Crippen LogP contribution in [0.2, 0.25) is 0 Å². The van der Waals surface area contributed by atoms with E-state index in [2.05, 4.69) is 32.0 Å². The summed E-state index contributed by atoms with van der Waals surface area (Å²) in [5.41, 5.74) is 4.65. The summed E-state index contributed by atoms with van der Waals surface area (Å²) in [4.78, 5) is 0. The molecule has 0 amide bonds. The average molecular weight is 291 g/mol. The Morgan fingerprint density at radius 1 is 1.05 bits per heavy atom. The zero-order valence-electron chi connectivity index (χ0n) is 12.1. The Kier molecular flexibility index (Phi) is 4.91. The highest BCUT2D eigenvalue weighted by Crippen LogP contribution is 2.27. The van der Waals surface area contributed by atoms with Crippen LogP contribution < -0.4 is 9.47 Å². The highest BCUT2D eigenvalue weighted by Gasteiger charge is 2.07. The molecule has 106 valence electrons. The zero-order chi connectivity index (χ0) is 14.5. The van der Waals surface area contributed by atoms with Gasteiger partial charge in [-0.15, -0.1) is 11.6 Å². The predicted molar refractivity (Wildman–Crippen MR) is 82.8 cm³/mol. The van der Waals surface area contributed by atoms with E-state index in [0.717, 1.165) is 17.1 Å². The van der Waals surface area contributed by atoms with Gasteiger partial charge >= 0.3 is 0 Å². The first-order chi connectivity index (χ1) is 9.65. The lowest BCUT2D eigenvalue weighted by molar-refractivity contribution is 0.301. The molecule has 2 aromatic rings. The van der Waals surface area contributed by atoms with Gasteiger partial charge in [0.05, 0.1) is 13.0 Å². The third-order valence-electron chi connectivity index (χ3n) is 3.43. The molecule has 2 nitrogen and oxygen atoms in total. The highest BCUT2D eigenvalue weighted by molar-refractivity contribution is 6.17. The molecule has 0 aliphatic rings. The number of hydrogen-bond acceptors (Lipinski definition) is 2. The van der Waals surface area contributed by atoms with Crippen molar-refractivity contribution in [1.82, 2.24) is 0 Å². The van der Waals surface area contributed by atoms with E-state index >= 15 is 0 Å². The van der Waals surface area contributed by atoms with Gasteiger partial charge in [0.25, 0.3) is 0 Å². The molecule has 0 unspecified atom stereocenters. The Labute approximate surface area is 125 Å². The summed E-state index contributed by atoms with van der Waals surface area (Å²) in [6.45, 7) is 4.75. The largest absolute Gasteiger partial charge is 0.497 e. The smallest absolute Gasteiger partial charge is 0.124 e. The van der Waals surface area contributed by atoms with Crippen LogP contribution in [0.1, 0.15) is 22.3 Å². The minimum atomic E-state index is 0.402. The predicted octanol–water partition coefficient (Wildman–Crippen LogP) is 4.63. The third-order valence-corrected chi connectivity index (χ3v) is 3.72.